The maximum Gasteiger partial charge on any atom is 0.142 e. The Bertz CT molecular complexity index is 301. The summed E-state index contributed by atoms with van der Waals surface area (Å²) in [6.07, 6.45) is 0. The second-order valence-corrected chi connectivity index (χ2v) is 3.43. The molecule has 0 saturated carbocycles. The van der Waals surface area contributed by atoms with Crippen LogP contribution in [0.1, 0.15) is 5.56 Å². The number of hydrogen-bond donors (Lipinski definition) is 0. The highest BCUT2D eigenvalue weighted by atomic mass is 16.5. The molecule has 0 aliphatic carbocycles. The quantitative estimate of drug-likeness (QED) is 0.726. The van der Waals surface area contributed by atoms with Crippen molar-refractivity contribution in [2.45, 2.75) is 6.54 Å². The summed E-state index contributed by atoms with van der Waals surface area (Å²) < 4.78 is 10.6. The normalized spacial score (nSPS) is 16.1. The van der Waals surface area contributed by atoms with Crippen LogP contribution in [0.4, 0.5) is 0 Å². The standard InChI is InChI=1S/C11H15NO2/c1-13-7-6-12-8-10-4-2-3-5-11(10)14-9-12/h2-5H,6-9H2,1H3. The van der Waals surface area contributed by atoms with Crippen molar-refractivity contribution < 1.29 is 9.47 Å². The van der Waals surface area contributed by atoms with Gasteiger partial charge in [-0.05, 0) is 6.07 Å². The van der Waals surface area contributed by atoms with Crippen molar-refractivity contribution in [1.82, 2.24) is 4.90 Å². The number of fused-ring (bicyclic) bond motifs is 1. The molecular weight excluding hydrogens is 178 g/mol. The van der Waals surface area contributed by atoms with Crippen molar-refractivity contribution in [3.63, 3.8) is 0 Å². The van der Waals surface area contributed by atoms with Crippen molar-refractivity contribution in [2.24, 2.45) is 0 Å². The van der Waals surface area contributed by atoms with Crippen LogP contribution >= 0.6 is 0 Å². The van der Waals surface area contributed by atoms with Gasteiger partial charge in [0.1, 0.15) is 12.5 Å². The van der Waals surface area contributed by atoms with E-state index in [1.54, 1.807) is 7.11 Å². The molecule has 1 aliphatic rings. The molecule has 3 heteroatoms. The number of benzene rings is 1. The number of para-hydroxylation sites is 1. The summed E-state index contributed by atoms with van der Waals surface area (Å²) in [5, 5.41) is 0. The molecule has 14 heavy (non-hydrogen) atoms. The molecule has 1 aromatic carbocycles. The molecule has 76 valence electrons. The third-order valence-corrected chi connectivity index (χ3v) is 2.38. The van der Waals surface area contributed by atoms with Gasteiger partial charge in [-0.2, -0.15) is 0 Å². The van der Waals surface area contributed by atoms with Gasteiger partial charge in [0.05, 0.1) is 6.61 Å². The van der Waals surface area contributed by atoms with Crippen LogP contribution in [-0.2, 0) is 11.3 Å². The summed E-state index contributed by atoms with van der Waals surface area (Å²) in [6, 6.07) is 8.17. The monoisotopic (exact) mass is 193 g/mol. The molecule has 0 radical (unpaired) electrons. The molecule has 0 spiro atoms. The van der Waals surface area contributed by atoms with Gasteiger partial charge in [0, 0.05) is 25.8 Å². The van der Waals surface area contributed by atoms with E-state index in [1.165, 1.54) is 5.56 Å². The summed E-state index contributed by atoms with van der Waals surface area (Å²) in [5.41, 5.74) is 1.26. The van der Waals surface area contributed by atoms with Crippen LogP contribution < -0.4 is 4.74 Å². The highest BCUT2D eigenvalue weighted by molar-refractivity contribution is 5.34. The Balaban J connectivity index is 1.99. The number of ether oxygens (including phenoxy) is 2. The Hall–Kier alpha value is -1.06. The SMILES string of the molecule is COCCN1COc2ccccc2C1. The fraction of sp³-hybridized carbons (Fsp3) is 0.455. The maximum atomic E-state index is 5.60. The molecular formula is C11H15NO2. The smallest absolute Gasteiger partial charge is 0.142 e. The van der Waals surface area contributed by atoms with E-state index in [9.17, 15) is 0 Å². The van der Waals surface area contributed by atoms with Crippen LogP contribution in [0.15, 0.2) is 24.3 Å². The molecule has 3 nitrogen and oxygen atoms in total. The molecule has 2 rings (SSSR count). The molecule has 1 aliphatic heterocycles. The highest BCUT2D eigenvalue weighted by Crippen LogP contribution is 2.23. The Morgan fingerprint density at radius 1 is 1.43 bits per heavy atom. The third-order valence-electron chi connectivity index (χ3n) is 2.38. The predicted molar refractivity (Wildman–Crippen MR) is 54.2 cm³/mol. The van der Waals surface area contributed by atoms with Gasteiger partial charge in [-0.3, -0.25) is 4.90 Å². The van der Waals surface area contributed by atoms with Crippen LogP contribution in [0.25, 0.3) is 0 Å². The average molecular weight is 193 g/mol. The van der Waals surface area contributed by atoms with Gasteiger partial charge in [-0.15, -0.1) is 0 Å². The number of hydrogen-bond acceptors (Lipinski definition) is 3. The zero-order valence-electron chi connectivity index (χ0n) is 8.40. The van der Waals surface area contributed by atoms with Crippen LogP contribution in [0.3, 0.4) is 0 Å². The fourth-order valence-corrected chi connectivity index (χ4v) is 1.59. The van der Waals surface area contributed by atoms with Crippen molar-refractivity contribution in [3.8, 4) is 5.75 Å². The van der Waals surface area contributed by atoms with Crippen molar-refractivity contribution in [3.05, 3.63) is 29.8 Å². The zero-order chi connectivity index (χ0) is 9.80. The van der Waals surface area contributed by atoms with Crippen LogP contribution in [0, 0.1) is 0 Å². The molecule has 0 amide bonds. The van der Waals surface area contributed by atoms with Gasteiger partial charge in [-0.25, -0.2) is 0 Å². The third kappa shape index (κ3) is 2.05. The lowest BCUT2D eigenvalue weighted by Gasteiger charge is -2.28. The molecule has 0 saturated heterocycles. The first-order chi connectivity index (χ1) is 6.90. The predicted octanol–water partition coefficient (Wildman–Crippen LogP) is 1.48. The van der Waals surface area contributed by atoms with Gasteiger partial charge < -0.3 is 9.47 Å². The highest BCUT2D eigenvalue weighted by Gasteiger charge is 2.15. The molecule has 0 bridgehead atoms. The lowest BCUT2D eigenvalue weighted by molar-refractivity contribution is 0.0656. The van der Waals surface area contributed by atoms with Crippen LogP contribution in [0.2, 0.25) is 0 Å². The van der Waals surface area contributed by atoms with Crippen LogP contribution in [0.5, 0.6) is 5.75 Å². The summed E-state index contributed by atoms with van der Waals surface area (Å²) in [6.45, 7) is 3.30. The Morgan fingerprint density at radius 2 is 2.29 bits per heavy atom. The first-order valence-electron chi connectivity index (χ1n) is 4.82. The maximum absolute atomic E-state index is 5.60. The summed E-state index contributed by atoms with van der Waals surface area (Å²) in [4.78, 5) is 2.23. The second kappa shape index (κ2) is 4.44. The minimum atomic E-state index is 0.667. The summed E-state index contributed by atoms with van der Waals surface area (Å²) >= 11 is 0. The zero-order valence-corrected chi connectivity index (χ0v) is 8.40. The topological polar surface area (TPSA) is 21.7 Å². The molecule has 1 aromatic rings. The van der Waals surface area contributed by atoms with E-state index in [4.69, 9.17) is 9.47 Å². The summed E-state index contributed by atoms with van der Waals surface area (Å²) in [7, 11) is 1.72. The van der Waals surface area contributed by atoms with Gasteiger partial charge in [0.2, 0.25) is 0 Å². The van der Waals surface area contributed by atoms with Gasteiger partial charge >= 0.3 is 0 Å². The fourth-order valence-electron chi connectivity index (χ4n) is 1.59. The number of rotatable bonds is 3. The van der Waals surface area contributed by atoms with Crippen molar-refractivity contribution in [1.29, 1.82) is 0 Å². The number of nitrogens with zero attached hydrogens (tertiary/aromatic N) is 1. The van der Waals surface area contributed by atoms with Crippen molar-refractivity contribution in [2.75, 3.05) is 27.0 Å². The molecule has 0 aromatic heterocycles. The lowest BCUT2D eigenvalue weighted by Crippen LogP contribution is -2.34. The van der Waals surface area contributed by atoms with E-state index in [0.717, 1.165) is 25.4 Å². The van der Waals surface area contributed by atoms with Gasteiger partial charge in [0.25, 0.3) is 0 Å². The van der Waals surface area contributed by atoms with Crippen molar-refractivity contribution >= 4 is 0 Å². The van der Waals surface area contributed by atoms with E-state index >= 15 is 0 Å². The van der Waals surface area contributed by atoms with Gasteiger partial charge in [0.15, 0.2) is 0 Å². The Morgan fingerprint density at radius 3 is 3.14 bits per heavy atom. The van der Waals surface area contributed by atoms with E-state index in [0.29, 0.717) is 6.73 Å². The average Bonchev–Trinajstić information content (AvgIpc) is 2.26. The molecule has 0 N–H and O–H groups in total. The lowest BCUT2D eigenvalue weighted by atomic mass is 10.2. The van der Waals surface area contributed by atoms with Gasteiger partial charge in [-0.1, -0.05) is 18.2 Å². The van der Waals surface area contributed by atoms with E-state index in [-0.39, 0.29) is 0 Å². The molecule has 0 fully saturated rings. The first-order valence-corrected chi connectivity index (χ1v) is 4.82. The van der Waals surface area contributed by atoms with E-state index in [2.05, 4.69) is 11.0 Å². The minimum absolute atomic E-state index is 0.667. The van der Waals surface area contributed by atoms with E-state index < -0.39 is 0 Å². The molecule has 0 atom stereocenters. The Kier molecular flexibility index (Phi) is 3.01. The minimum Gasteiger partial charge on any atom is -0.478 e. The molecule has 0 unspecified atom stereocenters. The molecule has 1 heterocycles. The first kappa shape index (κ1) is 9.49. The van der Waals surface area contributed by atoms with Crippen LogP contribution in [-0.4, -0.2) is 31.9 Å². The van der Waals surface area contributed by atoms with E-state index in [1.807, 2.05) is 18.2 Å². The largest absolute Gasteiger partial charge is 0.478 e. The Labute approximate surface area is 84.2 Å². The summed E-state index contributed by atoms with van der Waals surface area (Å²) in [5.74, 6) is 1.01. The number of methoxy groups -OCH3 is 1. The second-order valence-electron chi connectivity index (χ2n) is 3.43.